The maximum atomic E-state index is 10.2. The Morgan fingerprint density at radius 2 is 0.607 bits per heavy atom. The van der Waals surface area contributed by atoms with Crippen LogP contribution < -0.4 is 0 Å². The van der Waals surface area contributed by atoms with Crippen LogP contribution in [-0.4, -0.2) is 33.2 Å². The molecule has 28 heavy (non-hydrogen) atoms. The van der Waals surface area contributed by atoms with Crippen molar-refractivity contribution in [2.24, 2.45) is 0 Å². The van der Waals surface area contributed by atoms with Gasteiger partial charge in [0.15, 0.2) is 0 Å². The summed E-state index contributed by atoms with van der Waals surface area (Å²) < 4.78 is 0. The summed E-state index contributed by atoms with van der Waals surface area (Å²) in [6, 6.07) is 24.9. The van der Waals surface area contributed by atoms with E-state index in [4.69, 9.17) is 15.3 Å². The summed E-state index contributed by atoms with van der Waals surface area (Å²) >= 11 is 0. The third-order valence-electron chi connectivity index (χ3n) is 3.06. The van der Waals surface area contributed by atoms with E-state index in [0.29, 0.717) is 16.7 Å². The predicted molar refractivity (Wildman–Crippen MR) is 100 cm³/mol. The molecule has 6 nitrogen and oxygen atoms in total. The molecule has 3 aromatic rings. The van der Waals surface area contributed by atoms with Crippen molar-refractivity contribution in [3.05, 3.63) is 108 Å². The summed E-state index contributed by atoms with van der Waals surface area (Å²) in [6.07, 6.45) is 0. The molecule has 0 saturated carbocycles. The van der Waals surface area contributed by atoms with Gasteiger partial charge < -0.3 is 15.3 Å². The molecule has 0 bridgehead atoms. The molecule has 3 N–H and O–H groups in total. The van der Waals surface area contributed by atoms with Crippen LogP contribution in [0.5, 0.6) is 0 Å². The second-order valence-corrected chi connectivity index (χ2v) is 5.01. The first-order chi connectivity index (χ1) is 12.9. The third kappa shape index (κ3) is 10.4. The Morgan fingerprint density at radius 3 is 0.714 bits per heavy atom. The molecular formula is C21H18O6Y. The van der Waals surface area contributed by atoms with E-state index in [2.05, 4.69) is 0 Å². The summed E-state index contributed by atoms with van der Waals surface area (Å²) in [5, 5.41) is 25.2. The van der Waals surface area contributed by atoms with Crippen LogP contribution in [0.3, 0.4) is 0 Å². The van der Waals surface area contributed by atoms with Crippen LogP contribution in [-0.2, 0) is 32.7 Å². The molecule has 0 heterocycles. The molecule has 0 saturated heterocycles. The van der Waals surface area contributed by atoms with E-state index in [9.17, 15) is 14.4 Å². The van der Waals surface area contributed by atoms with Crippen molar-refractivity contribution in [3.63, 3.8) is 0 Å². The van der Waals surface area contributed by atoms with E-state index in [1.54, 1.807) is 91.0 Å². The Kier molecular flexibility index (Phi) is 12.8. The van der Waals surface area contributed by atoms with Gasteiger partial charge >= 0.3 is 17.9 Å². The number of hydrogen-bond donors (Lipinski definition) is 3. The molecule has 1 radical (unpaired) electrons. The molecule has 141 valence electrons. The Labute approximate surface area is 187 Å². The van der Waals surface area contributed by atoms with Crippen LogP contribution in [0.15, 0.2) is 91.0 Å². The van der Waals surface area contributed by atoms with Gasteiger partial charge in [0.05, 0.1) is 16.7 Å². The Balaban J connectivity index is 0.000000384. The molecular weight excluding hydrogens is 437 g/mol. The molecule has 3 rings (SSSR count). The fourth-order valence-electron chi connectivity index (χ4n) is 1.74. The van der Waals surface area contributed by atoms with Crippen LogP contribution in [0.4, 0.5) is 0 Å². The fraction of sp³-hybridized carbons (Fsp3) is 0. The number of rotatable bonds is 3. The molecule has 3 aromatic carbocycles. The molecule has 0 amide bonds. The second-order valence-electron chi connectivity index (χ2n) is 5.01. The quantitative estimate of drug-likeness (QED) is 0.547. The second kappa shape index (κ2) is 14.3. The number of carboxylic acids is 3. The third-order valence-corrected chi connectivity index (χ3v) is 3.06. The van der Waals surface area contributed by atoms with E-state index >= 15 is 0 Å². The van der Waals surface area contributed by atoms with Crippen molar-refractivity contribution < 1.29 is 62.4 Å². The average Bonchev–Trinajstić information content (AvgIpc) is 2.71. The van der Waals surface area contributed by atoms with E-state index in [-0.39, 0.29) is 32.7 Å². The number of carboxylic acid groups (broad SMARTS) is 3. The number of aromatic carboxylic acids is 3. The van der Waals surface area contributed by atoms with Crippen molar-refractivity contribution in [2.75, 3.05) is 0 Å². The van der Waals surface area contributed by atoms with Gasteiger partial charge in [-0.05, 0) is 36.4 Å². The SMILES string of the molecule is O=C(O)c1ccccc1.O=C(O)c1ccccc1.O=C(O)c1ccccc1.[Y]. The molecule has 0 spiro atoms. The van der Waals surface area contributed by atoms with Crippen LogP contribution in [0.2, 0.25) is 0 Å². The smallest absolute Gasteiger partial charge is 0.335 e. The van der Waals surface area contributed by atoms with Gasteiger partial charge in [-0.2, -0.15) is 0 Å². The summed E-state index contributed by atoms with van der Waals surface area (Å²) in [5.41, 5.74) is 0.993. The maximum Gasteiger partial charge on any atom is 0.335 e. The first-order valence-corrected chi connectivity index (χ1v) is 7.77. The largest absolute Gasteiger partial charge is 0.478 e. The van der Waals surface area contributed by atoms with Crippen molar-refractivity contribution in [1.29, 1.82) is 0 Å². The molecule has 0 aliphatic carbocycles. The average molecular weight is 455 g/mol. The predicted octanol–water partition coefficient (Wildman–Crippen LogP) is 4.15. The van der Waals surface area contributed by atoms with E-state index < -0.39 is 17.9 Å². The Hall–Kier alpha value is -2.83. The topological polar surface area (TPSA) is 112 Å². The van der Waals surface area contributed by atoms with Gasteiger partial charge in [0, 0.05) is 32.7 Å². The molecule has 7 heteroatoms. The number of carbonyl (C=O) groups is 3. The van der Waals surface area contributed by atoms with E-state index in [1.165, 1.54) is 0 Å². The zero-order valence-electron chi connectivity index (χ0n) is 14.8. The summed E-state index contributed by atoms with van der Waals surface area (Å²) in [5.74, 6) is -2.64. The van der Waals surface area contributed by atoms with Crippen LogP contribution >= 0.6 is 0 Å². The van der Waals surface area contributed by atoms with Gasteiger partial charge in [-0.25, -0.2) is 14.4 Å². The maximum absolute atomic E-state index is 10.2. The molecule has 0 atom stereocenters. The van der Waals surface area contributed by atoms with E-state index in [0.717, 1.165) is 0 Å². The van der Waals surface area contributed by atoms with Crippen LogP contribution in [0.1, 0.15) is 31.1 Å². The summed E-state index contributed by atoms with van der Waals surface area (Å²) in [6.45, 7) is 0. The summed E-state index contributed by atoms with van der Waals surface area (Å²) in [4.78, 5) is 30.6. The van der Waals surface area contributed by atoms with Gasteiger partial charge in [-0.1, -0.05) is 54.6 Å². The van der Waals surface area contributed by atoms with Gasteiger partial charge in [-0.3, -0.25) is 0 Å². The zero-order valence-corrected chi connectivity index (χ0v) is 17.6. The van der Waals surface area contributed by atoms with E-state index in [1.807, 2.05) is 0 Å². The summed E-state index contributed by atoms with van der Waals surface area (Å²) in [7, 11) is 0. The molecule has 0 aliphatic heterocycles. The van der Waals surface area contributed by atoms with Gasteiger partial charge in [0.2, 0.25) is 0 Å². The molecule has 0 aromatic heterocycles. The first-order valence-electron chi connectivity index (χ1n) is 7.77. The monoisotopic (exact) mass is 455 g/mol. The van der Waals surface area contributed by atoms with Crippen LogP contribution in [0.25, 0.3) is 0 Å². The van der Waals surface area contributed by atoms with Crippen molar-refractivity contribution >= 4 is 17.9 Å². The van der Waals surface area contributed by atoms with Crippen molar-refractivity contribution in [3.8, 4) is 0 Å². The minimum Gasteiger partial charge on any atom is -0.478 e. The minimum atomic E-state index is -0.879. The standard InChI is InChI=1S/3C7H6O2.Y/c3*8-7(9)6-4-2-1-3-5-6;/h3*1-5H,(H,8,9);. The Bertz CT molecular complexity index is 734. The molecule has 0 fully saturated rings. The van der Waals surface area contributed by atoms with Gasteiger partial charge in [0.25, 0.3) is 0 Å². The van der Waals surface area contributed by atoms with Gasteiger partial charge in [0.1, 0.15) is 0 Å². The molecule has 0 aliphatic rings. The first kappa shape index (κ1) is 25.2. The molecule has 0 unspecified atom stereocenters. The fourth-order valence-corrected chi connectivity index (χ4v) is 1.74. The van der Waals surface area contributed by atoms with Crippen molar-refractivity contribution in [2.45, 2.75) is 0 Å². The van der Waals surface area contributed by atoms with Crippen LogP contribution in [0, 0.1) is 0 Å². The number of hydrogen-bond acceptors (Lipinski definition) is 3. The minimum absolute atomic E-state index is 0. The number of benzene rings is 3. The van der Waals surface area contributed by atoms with Crippen molar-refractivity contribution in [1.82, 2.24) is 0 Å². The zero-order chi connectivity index (χ0) is 20.1. The normalized spacial score (nSPS) is 8.57. The van der Waals surface area contributed by atoms with Gasteiger partial charge in [-0.15, -0.1) is 0 Å². The Morgan fingerprint density at radius 1 is 0.429 bits per heavy atom.